The number of rotatable bonds is 3. The third kappa shape index (κ3) is 2.76. The Morgan fingerprint density at radius 1 is 1.00 bits per heavy atom. The Morgan fingerprint density at radius 2 is 1.70 bits per heavy atom. The van der Waals surface area contributed by atoms with Gasteiger partial charge in [-0.25, -0.2) is 4.90 Å². The van der Waals surface area contributed by atoms with Crippen molar-refractivity contribution in [2.75, 3.05) is 11.4 Å². The van der Waals surface area contributed by atoms with E-state index >= 15 is 0 Å². The third-order valence-electron chi connectivity index (χ3n) is 6.63. The maximum Gasteiger partial charge on any atom is 0.239 e. The van der Waals surface area contributed by atoms with Crippen molar-refractivity contribution < 1.29 is 14.4 Å². The van der Waals surface area contributed by atoms with Crippen LogP contribution in [0.5, 0.6) is 0 Å². The van der Waals surface area contributed by atoms with Crippen LogP contribution in [-0.2, 0) is 9.59 Å². The Balaban J connectivity index is 1.57. The molecule has 0 unspecified atom stereocenters. The van der Waals surface area contributed by atoms with Crippen molar-refractivity contribution in [1.82, 2.24) is 4.90 Å². The average molecular weight is 443 g/mol. The zero-order chi connectivity index (χ0) is 21.2. The van der Waals surface area contributed by atoms with E-state index in [0.717, 1.165) is 29.8 Å². The molecule has 0 N–H and O–H groups in total. The number of hydrogen-bond donors (Lipinski definition) is 0. The monoisotopic (exact) mass is 442 g/mol. The molecule has 3 fully saturated rings. The molecule has 0 aliphatic carbocycles. The molecule has 0 aromatic heterocycles. The summed E-state index contributed by atoms with van der Waals surface area (Å²) in [4.78, 5) is 43.6. The predicted octanol–water partition coefficient (Wildman–Crippen LogP) is 4.14. The molecule has 3 saturated heterocycles. The summed E-state index contributed by atoms with van der Waals surface area (Å²) >= 11 is 12.5. The standard InChI is InChI=1S/C23H20Cl2N2O3/c1-12-7-9-13(10-8-12)21(28)20-18-17(15-6-3-11-26(15)20)22(29)27(23(18)30)16-5-2-4-14(24)19(16)25/h2,4-5,7-10,15,17-18,20H,3,6,11H2,1H3/t15-,17-,18+,20-/m0/s1. The first-order chi connectivity index (χ1) is 14.4. The Labute approximate surface area is 184 Å². The van der Waals surface area contributed by atoms with Crippen LogP contribution < -0.4 is 4.90 Å². The number of benzene rings is 2. The number of imide groups is 1. The Hall–Kier alpha value is -2.21. The van der Waals surface area contributed by atoms with Crippen molar-refractivity contribution in [2.24, 2.45) is 11.8 Å². The normalized spacial score (nSPS) is 28.2. The first-order valence-corrected chi connectivity index (χ1v) is 10.8. The average Bonchev–Trinajstić information content (AvgIpc) is 3.37. The van der Waals surface area contributed by atoms with Gasteiger partial charge in [-0.15, -0.1) is 0 Å². The molecule has 7 heteroatoms. The van der Waals surface area contributed by atoms with Crippen LogP contribution >= 0.6 is 23.2 Å². The molecule has 0 radical (unpaired) electrons. The first kappa shape index (κ1) is 19.7. The van der Waals surface area contributed by atoms with E-state index in [4.69, 9.17) is 23.2 Å². The lowest BCUT2D eigenvalue weighted by Crippen LogP contribution is -2.46. The van der Waals surface area contributed by atoms with Gasteiger partial charge < -0.3 is 0 Å². The zero-order valence-corrected chi connectivity index (χ0v) is 17.9. The lowest BCUT2D eigenvalue weighted by Gasteiger charge is -2.28. The Kier molecular flexibility index (Phi) is 4.73. The van der Waals surface area contributed by atoms with Gasteiger partial charge in [0.25, 0.3) is 0 Å². The van der Waals surface area contributed by atoms with Crippen LogP contribution in [0, 0.1) is 18.8 Å². The van der Waals surface area contributed by atoms with Gasteiger partial charge in [0, 0.05) is 11.6 Å². The van der Waals surface area contributed by atoms with E-state index in [9.17, 15) is 14.4 Å². The van der Waals surface area contributed by atoms with Crippen LogP contribution in [0.1, 0.15) is 28.8 Å². The Morgan fingerprint density at radius 3 is 2.43 bits per heavy atom. The minimum Gasteiger partial charge on any atom is -0.292 e. The smallest absolute Gasteiger partial charge is 0.239 e. The van der Waals surface area contributed by atoms with Crippen molar-refractivity contribution >= 4 is 46.5 Å². The molecule has 3 aliphatic heterocycles. The second kappa shape index (κ2) is 7.19. The summed E-state index contributed by atoms with van der Waals surface area (Å²) < 4.78 is 0. The molecule has 2 amide bonds. The number of aryl methyl sites for hydroxylation is 1. The SMILES string of the molecule is Cc1ccc(C(=O)[C@@H]2[C@@H]3C(=O)N(c4cccc(Cl)c4Cl)C(=O)[C@H]3[C@@H]3CCCN23)cc1. The molecule has 2 aromatic carbocycles. The molecule has 0 saturated carbocycles. The fraction of sp³-hybridized carbons (Fsp3) is 0.348. The number of anilines is 1. The maximum atomic E-state index is 13.5. The summed E-state index contributed by atoms with van der Waals surface area (Å²) in [5.41, 5.74) is 1.92. The minimum atomic E-state index is -0.702. The van der Waals surface area contributed by atoms with Crippen LogP contribution in [0.3, 0.4) is 0 Å². The fourth-order valence-corrected chi connectivity index (χ4v) is 5.69. The highest BCUT2D eigenvalue weighted by Crippen LogP contribution is 2.49. The predicted molar refractivity (Wildman–Crippen MR) is 115 cm³/mol. The molecule has 5 nitrogen and oxygen atoms in total. The van der Waals surface area contributed by atoms with Crippen molar-refractivity contribution in [3.63, 3.8) is 0 Å². The van der Waals surface area contributed by atoms with Crippen molar-refractivity contribution in [2.45, 2.75) is 31.8 Å². The summed E-state index contributed by atoms with van der Waals surface area (Å²) in [6, 6.07) is 11.5. The summed E-state index contributed by atoms with van der Waals surface area (Å²) in [6.45, 7) is 2.68. The zero-order valence-electron chi connectivity index (χ0n) is 16.3. The number of ketones is 1. The second-order valence-corrected chi connectivity index (χ2v) is 9.04. The Bertz CT molecular complexity index is 1070. The molecule has 3 heterocycles. The van der Waals surface area contributed by atoms with Gasteiger partial charge >= 0.3 is 0 Å². The number of hydrogen-bond acceptors (Lipinski definition) is 4. The number of Topliss-reactive ketones (excluding diaryl/α,β-unsaturated/α-hetero) is 1. The first-order valence-electron chi connectivity index (χ1n) is 10.1. The van der Waals surface area contributed by atoms with E-state index in [1.165, 1.54) is 0 Å². The molecule has 3 aliphatic rings. The lowest BCUT2D eigenvalue weighted by molar-refractivity contribution is -0.123. The van der Waals surface area contributed by atoms with E-state index in [-0.39, 0.29) is 33.7 Å². The van der Waals surface area contributed by atoms with Gasteiger partial charge in [-0.1, -0.05) is 59.1 Å². The van der Waals surface area contributed by atoms with Crippen molar-refractivity contribution in [3.05, 3.63) is 63.6 Å². The molecule has 0 bridgehead atoms. The largest absolute Gasteiger partial charge is 0.292 e. The summed E-state index contributed by atoms with van der Waals surface area (Å²) in [6.07, 6.45) is 1.71. The highest BCUT2D eigenvalue weighted by Gasteiger charge is 2.64. The number of fused-ring (bicyclic) bond motifs is 3. The quantitative estimate of drug-likeness (QED) is 0.529. The van der Waals surface area contributed by atoms with Crippen LogP contribution in [-0.4, -0.2) is 41.1 Å². The number of carbonyl (C=O) groups is 3. The van der Waals surface area contributed by atoms with Gasteiger partial charge in [0.15, 0.2) is 5.78 Å². The van der Waals surface area contributed by atoms with Gasteiger partial charge in [0.2, 0.25) is 11.8 Å². The van der Waals surface area contributed by atoms with E-state index in [1.807, 2.05) is 19.1 Å². The molecule has 0 spiro atoms. The topological polar surface area (TPSA) is 57.7 Å². The van der Waals surface area contributed by atoms with Crippen molar-refractivity contribution in [3.8, 4) is 0 Å². The maximum absolute atomic E-state index is 13.5. The van der Waals surface area contributed by atoms with Gasteiger partial charge in [0.05, 0.1) is 33.6 Å². The van der Waals surface area contributed by atoms with Crippen LogP contribution in [0.2, 0.25) is 10.0 Å². The van der Waals surface area contributed by atoms with E-state index in [2.05, 4.69) is 4.90 Å². The molecular weight excluding hydrogens is 423 g/mol. The molecule has 2 aromatic rings. The number of halogens is 2. The minimum absolute atomic E-state index is 0.102. The highest BCUT2D eigenvalue weighted by atomic mass is 35.5. The van der Waals surface area contributed by atoms with Crippen LogP contribution in [0.4, 0.5) is 5.69 Å². The summed E-state index contributed by atoms with van der Waals surface area (Å²) in [7, 11) is 0. The van der Waals surface area contributed by atoms with Gasteiger partial charge in [-0.05, 0) is 38.4 Å². The molecule has 154 valence electrons. The number of carbonyl (C=O) groups excluding carboxylic acids is 3. The molecule has 4 atom stereocenters. The van der Waals surface area contributed by atoms with E-state index in [0.29, 0.717) is 11.3 Å². The van der Waals surface area contributed by atoms with Crippen molar-refractivity contribution in [1.29, 1.82) is 0 Å². The third-order valence-corrected chi connectivity index (χ3v) is 7.44. The fourth-order valence-electron chi connectivity index (χ4n) is 5.31. The summed E-state index contributed by atoms with van der Waals surface area (Å²) in [5.74, 6) is -1.99. The van der Waals surface area contributed by atoms with Gasteiger partial charge in [-0.2, -0.15) is 0 Å². The molecule has 5 rings (SSSR count). The number of nitrogens with zero attached hydrogens (tertiary/aromatic N) is 2. The van der Waals surface area contributed by atoms with Gasteiger partial charge in [-0.3, -0.25) is 19.3 Å². The summed E-state index contributed by atoms with van der Waals surface area (Å²) in [5, 5.41) is 0.451. The van der Waals surface area contributed by atoms with Crippen LogP contribution in [0.15, 0.2) is 42.5 Å². The second-order valence-electron chi connectivity index (χ2n) is 8.26. The molecular formula is C23H20Cl2N2O3. The van der Waals surface area contributed by atoms with E-state index < -0.39 is 17.9 Å². The highest BCUT2D eigenvalue weighted by molar-refractivity contribution is 6.45. The van der Waals surface area contributed by atoms with Gasteiger partial charge in [0.1, 0.15) is 0 Å². The van der Waals surface area contributed by atoms with E-state index in [1.54, 1.807) is 30.3 Å². The lowest BCUT2D eigenvalue weighted by atomic mass is 9.85. The molecule has 30 heavy (non-hydrogen) atoms. The number of amides is 2. The van der Waals surface area contributed by atoms with Crippen LogP contribution in [0.25, 0.3) is 0 Å².